The summed E-state index contributed by atoms with van der Waals surface area (Å²) >= 11 is 1.39. The summed E-state index contributed by atoms with van der Waals surface area (Å²) in [6.07, 6.45) is 2.25. The molecule has 0 aromatic heterocycles. The van der Waals surface area contributed by atoms with E-state index >= 15 is 0 Å². The number of hydrogen-bond acceptors (Lipinski definition) is 4. The maximum absolute atomic E-state index is 12.5. The van der Waals surface area contributed by atoms with Crippen LogP contribution in [0.25, 0.3) is 0 Å². The second-order valence-electron chi connectivity index (χ2n) is 4.61. The maximum atomic E-state index is 12.5. The number of non-ortho nitro benzene ring substituents is 1. The summed E-state index contributed by atoms with van der Waals surface area (Å²) in [4.78, 5) is 23.6. The third-order valence-electron chi connectivity index (χ3n) is 3.06. The number of nitrogens with zero attached hydrogens (tertiary/aromatic N) is 1. The van der Waals surface area contributed by atoms with E-state index in [1.807, 2.05) is 18.2 Å². The van der Waals surface area contributed by atoms with Gasteiger partial charge < -0.3 is 0 Å². The predicted octanol–water partition coefficient (Wildman–Crippen LogP) is 4.51. The van der Waals surface area contributed by atoms with Crippen LogP contribution < -0.4 is 0 Å². The van der Waals surface area contributed by atoms with Crippen LogP contribution in [-0.2, 0) is 0 Å². The van der Waals surface area contributed by atoms with Crippen molar-refractivity contribution in [2.45, 2.75) is 16.6 Å². The van der Waals surface area contributed by atoms with Crippen LogP contribution in [0.4, 0.5) is 5.69 Å². The van der Waals surface area contributed by atoms with Gasteiger partial charge in [-0.25, -0.2) is 0 Å². The Hall–Kier alpha value is -2.40. The molecule has 0 saturated carbocycles. The van der Waals surface area contributed by atoms with Crippen LogP contribution in [-0.4, -0.2) is 16.0 Å². The van der Waals surface area contributed by atoms with Crippen molar-refractivity contribution in [2.24, 2.45) is 0 Å². The van der Waals surface area contributed by atoms with Gasteiger partial charge in [0.25, 0.3) is 5.69 Å². The molecule has 0 bridgehead atoms. The van der Waals surface area contributed by atoms with Gasteiger partial charge in [0.1, 0.15) is 0 Å². The molecular weight excluding hydrogens is 298 g/mol. The highest BCUT2D eigenvalue weighted by molar-refractivity contribution is 8.00. The number of thioether (sulfide) groups is 1. The van der Waals surface area contributed by atoms with Crippen molar-refractivity contribution in [1.29, 1.82) is 0 Å². The summed E-state index contributed by atoms with van der Waals surface area (Å²) in [6, 6.07) is 15.3. The van der Waals surface area contributed by atoms with Crippen LogP contribution in [0.1, 0.15) is 16.8 Å². The third-order valence-corrected chi connectivity index (χ3v) is 4.29. The van der Waals surface area contributed by atoms with Crippen LogP contribution >= 0.6 is 11.8 Å². The lowest BCUT2D eigenvalue weighted by atomic mass is 10.1. The molecule has 112 valence electrons. The molecule has 2 aromatic rings. The number of nitro groups is 1. The van der Waals surface area contributed by atoms with Crippen molar-refractivity contribution in [3.8, 4) is 0 Å². The van der Waals surface area contributed by atoms with Crippen LogP contribution in [0.2, 0.25) is 0 Å². The van der Waals surface area contributed by atoms with E-state index in [0.717, 1.165) is 4.90 Å². The van der Waals surface area contributed by atoms with E-state index in [-0.39, 0.29) is 16.7 Å². The Morgan fingerprint density at radius 3 is 2.36 bits per heavy atom. The first kappa shape index (κ1) is 16.0. The first-order valence-electron chi connectivity index (χ1n) is 6.73. The van der Waals surface area contributed by atoms with E-state index < -0.39 is 4.92 Å². The average molecular weight is 313 g/mol. The van der Waals surface area contributed by atoms with Crippen LogP contribution in [0, 0.1) is 10.1 Å². The topological polar surface area (TPSA) is 60.2 Å². The van der Waals surface area contributed by atoms with Gasteiger partial charge in [0.15, 0.2) is 5.78 Å². The summed E-state index contributed by atoms with van der Waals surface area (Å²) in [5.41, 5.74) is 0.697. The number of Topliss-reactive ketones (excluding diaryl/α,β-unsaturated/α-hetero) is 1. The molecule has 0 N–H and O–H groups in total. The lowest BCUT2D eigenvalue weighted by Gasteiger charge is -2.13. The summed E-state index contributed by atoms with van der Waals surface area (Å²) in [5.74, 6) is 0.0313. The molecule has 1 atom stereocenters. The standard InChI is InChI=1S/C17H15NO3S/c1-2-6-16(17(19)13-7-4-3-5-8-13)22-15-11-9-14(10-12-15)18(20)21/h2-5,7-12,16H,1,6H2. The van der Waals surface area contributed by atoms with Gasteiger partial charge in [-0.15, -0.1) is 18.3 Å². The molecule has 0 heterocycles. The quantitative estimate of drug-likeness (QED) is 0.248. The molecule has 0 aliphatic rings. The lowest BCUT2D eigenvalue weighted by Crippen LogP contribution is -2.16. The molecule has 0 radical (unpaired) electrons. The molecule has 4 nitrogen and oxygen atoms in total. The summed E-state index contributed by atoms with van der Waals surface area (Å²) in [7, 11) is 0. The molecule has 0 aliphatic heterocycles. The molecule has 0 amide bonds. The summed E-state index contributed by atoms with van der Waals surface area (Å²) in [5, 5.41) is 10.4. The van der Waals surface area contributed by atoms with E-state index in [1.54, 1.807) is 30.3 Å². The van der Waals surface area contributed by atoms with Gasteiger partial charge in [-0.05, 0) is 18.6 Å². The van der Waals surface area contributed by atoms with Crippen LogP contribution in [0.15, 0.2) is 72.1 Å². The molecule has 22 heavy (non-hydrogen) atoms. The number of carbonyl (C=O) groups is 1. The van der Waals surface area contributed by atoms with Crippen LogP contribution in [0.5, 0.6) is 0 Å². The molecule has 5 heteroatoms. The minimum absolute atomic E-state index is 0.0313. The molecule has 1 unspecified atom stereocenters. The van der Waals surface area contributed by atoms with E-state index in [9.17, 15) is 14.9 Å². The monoisotopic (exact) mass is 313 g/mol. The molecule has 2 rings (SSSR count). The predicted molar refractivity (Wildman–Crippen MR) is 88.3 cm³/mol. The Labute approximate surface area is 133 Å². The van der Waals surface area contributed by atoms with Crippen molar-refractivity contribution in [3.63, 3.8) is 0 Å². The normalized spacial score (nSPS) is 11.6. The number of ketones is 1. The third kappa shape index (κ3) is 4.05. The lowest BCUT2D eigenvalue weighted by molar-refractivity contribution is -0.384. The van der Waals surface area contributed by atoms with Gasteiger partial charge in [0.2, 0.25) is 0 Å². The highest BCUT2D eigenvalue weighted by Gasteiger charge is 2.20. The number of benzene rings is 2. The van der Waals surface area contributed by atoms with Gasteiger partial charge in [-0.3, -0.25) is 14.9 Å². The van der Waals surface area contributed by atoms with Gasteiger partial charge in [0.05, 0.1) is 10.2 Å². The highest BCUT2D eigenvalue weighted by Crippen LogP contribution is 2.29. The van der Waals surface area contributed by atoms with Gasteiger partial charge >= 0.3 is 0 Å². The number of allylic oxidation sites excluding steroid dienone is 1. The largest absolute Gasteiger partial charge is 0.293 e. The first-order chi connectivity index (χ1) is 10.6. The Bertz CT molecular complexity index is 668. The number of carbonyl (C=O) groups excluding carboxylic acids is 1. The minimum atomic E-state index is -0.440. The molecular formula is C17H15NO3S. The van der Waals surface area contributed by atoms with Crippen LogP contribution in [0.3, 0.4) is 0 Å². The fraction of sp³-hybridized carbons (Fsp3) is 0.118. The molecule has 0 aliphatic carbocycles. The van der Waals surface area contributed by atoms with Crippen molar-refractivity contribution in [2.75, 3.05) is 0 Å². The van der Waals surface area contributed by atoms with E-state index in [4.69, 9.17) is 0 Å². The SMILES string of the molecule is C=CCC(Sc1ccc([N+](=O)[O-])cc1)C(=O)c1ccccc1. The molecule has 2 aromatic carbocycles. The Kier molecular flexibility index (Phi) is 5.49. The maximum Gasteiger partial charge on any atom is 0.269 e. The Morgan fingerprint density at radius 2 is 1.82 bits per heavy atom. The number of nitro benzene ring substituents is 1. The zero-order chi connectivity index (χ0) is 15.9. The van der Waals surface area contributed by atoms with Gasteiger partial charge in [-0.2, -0.15) is 0 Å². The van der Waals surface area contributed by atoms with Gasteiger partial charge in [-0.1, -0.05) is 36.4 Å². The van der Waals surface area contributed by atoms with Crippen molar-refractivity contribution < 1.29 is 9.72 Å². The smallest absolute Gasteiger partial charge is 0.269 e. The molecule has 0 fully saturated rings. The Morgan fingerprint density at radius 1 is 1.18 bits per heavy atom. The van der Waals surface area contributed by atoms with E-state index in [2.05, 4.69) is 6.58 Å². The van der Waals surface area contributed by atoms with Gasteiger partial charge in [0, 0.05) is 22.6 Å². The summed E-state index contributed by atoms with van der Waals surface area (Å²) < 4.78 is 0. The second kappa shape index (κ2) is 7.56. The minimum Gasteiger partial charge on any atom is -0.293 e. The first-order valence-corrected chi connectivity index (χ1v) is 7.61. The fourth-order valence-electron chi connectivity index (χ4n) is 1.96. The highest BCUT2D eigenvalue weighted by atomic mass is 32.2. The van der Waals surface area contributed by atoms with Crippen molar-refractivity contribution >= 4 is 23.2 Å². The average Bonchev–Trinajstić information content (AvgIpc) is 2.55. The zero-order valence-corrected chi connectivity index (χ0v) is 12.7. The van der Waals surface area contributed by atoms with E-state index in [0.29, 0.717) is 12.0 Å². The van der Waals surface area contributed by atoms with Crippen molar-refractivity contribution in [1.82, 2.24) is 0 Å². The number of hydrogen-bond donors (Lipinski definition) is 0. The Balaban J connectivity index is 2.16. The second-order valence-corrected chi connectivity index (χ2v) is 5.89. The molecule has 0 spiro atoms. The zero-order valence-electron chi connectivity index (χ0n) is 11.8. The summed E-state index contributed by atoms with van der Waals surface area (Å²) in [6.45, 7) is 3.70. The fourth-order valence-corrected chi connectivity index (χ4v) is 3.06. The molecule has 0 saturated heterocycles. The van der Waals surface area contributed by atoms with Crippen molar-refractivity contribution in [3.05, 3.63) is 82.9 Å². The number of rotatable bonds is 7. The van der Waals surface area contributed by atoms with E-state index in [1.165, 1.54) is 23.9 Å².